The lowest BCUT2D eigenvalue weighted by atomic mass is 9.92. The molecule has 2 aliphatic rings. The van der Waals surface area contributed by atoms with E-state index in [0.29, 0.717) is 35.9 Å². The van der Waals surface area contributed by atoms with Crippen molar-refractivity contribution in [3.05, 3.63) is 42.1 Å². The molecule has 3 amide bonds. The average Bonchev–Trinajstić information content (AvgIpc) is 2.93. The predicted molar refractivity (Wildman–Crippen MR) is 107 cm³/mol. The number of thioether (sulfide) groups is 1. The molecule has 0 bridgehead atoms. The van der Waals surface area contributed by atoms with Gasteiger partial charge in [-0.25, -0.2) is 14.7 Å². The van der Waals surface area contributed by atoms with E-state index in [-0.39, 0.29) is 5.91 Å². The minimum absolute atomic E-state index is 0.202. The molecule has 3 heterocycles. The van der Waals surface area contributed by atoms with Crippen molar-refractivity contribution in [2.45, 2.75) is 25.3 Å². The molecule has 2 saturated heterocycles. The summed E-state index contributed by atoms with van der Waals surface area (Å²) in [5.41, 5.74) is 0.658. The molecule has 1 spiro atoms. The molecule has 2 fully saturated rings. The molecule has 0 aliphatic carbocycles. The summed E-state index contributed by atoms with van der Waals surface area (Å²) in [6.45, 7) is 1.94. The monoisotopic (exact) mass is 399 g/mol. The number of pyridine rings is 1. The van der Waals surface area contributed by atoms with Crippen LogP contribution < -0.4 is 19.7 Å². The summed E-state index contributed by atoms with van der Waals surface area (Å²) in [4.78, 5) is 31.0. The smallest absolute Gasteiger partial charge is 0.329 e. The predicted octanol–water partition coefficient (Wildman–Crippen LogP) is 3.51. The molecule has 1 N–H and O–H groups in total. The van der Waals surface area contributed by atoms with Gasteiger partial charge < -0.3 is 14.8 Å². The van der Waals surface area contributed by atoms with Crippen molar-refractivity contribution in [2.75, 3.05) is 23.5 Å². The highest BCUT2D eigenvalue weighted by atomic mass is 32.2. The third kappa shape index (κ3) is 3.28. The Morgan fingerprint density at radius 2 is 1.96 bits per heavy atom. The zero-order valence-electron chi connectivity index (χ0n) is 15.7. The number of anilines is 1. The van der Waals surface area contributed by atoms with Crippen molar-refractivity contribution in [1.29, 1.82) is 0 Å². The van der Waals surface area contributed by atoms with E-state index < -0.39 is 11.6 Å². The molecule has 2 aromatic rings. The van der Waals surface area contributed by atoms with E-state index in [0.717, 1.165) is 17.1 Å². The number of methoxy groups -OCH3 is 1. The molecule has 0 atom stereocenters. The first-order chi connectivity index (χ1) is 13.5. The molecular formula is C20H21N3O4S. The Kier molecular flexibility index (Phi) is 4.89. The second kappa shape index (κ2) is 7.35. The van der Waals surface area contributed by atoms with Crippen molar-refractivity contribution < 1.29 is 19.1 Å². The van der Waals surface area contributed by atoms with Crippen molar-refractivity contribution in [3.8, 4) is 17.4 Å². The van der Waals surface area contributed by atoms with Gasteiger partial charge in [0.15, 0.2) is 0 Å². The summed E-state index contributed by atoms with van der Waals surface area (Å²) in [5.74, 6) is 3.08. The van der Waals surface area contributed by atoms with Gasteiger partial charge in [0.05, 0.1) is 12.8 Å². The SMILES string of the molecule is COc1cc(Oc2cc(N3C(=O)NC4(CCSCC4)C3=O)ccn2)ccc1C. The van der Waals surface area contributed by atoms with Gasteiger partial charge in [0, 0.05) is 18.3 Å². The number of urea groups is 1. The molecule has 1 aromatic carbocycles. The van der Waals surface area contributed by atoms with Crippen molar-refractivity contribution in [1.82, 2.24) is 10.3 Å². The molecular weight excluding hydrogens is 378 g/mol. The molecule has 7 nitrogen and oxygen atoms in total. The van der Waals surface area contributed by atoms with Crippen molar-refractivity contribution in [2.24, 2.45) is 0 Å². The summed E-state index contributed by atoms with van der Waals surface area (Å²) in [5, 5.41) is 2.90. The Morgan fingerprint density at radius 1 is 1.18 bits per heavy atom. The highest BCUT2D eigenvalue weighted by molar-refractivity contribution is 7.99. The van der Waals surface area contributed by atoms with Crippen LogP contribution in [0.3, 0.4) is 0 Å². The number of rotatable bonds is 4. The van der Waals surface area contributed by atoms with Crippen LogP contribution in [0.1, 0.15) is 18.4 Å². The topological polar surface area (TPSA) is 80.8 Å². The Bertz CT molecular complexity index is 927. The van der Waals surface area contributed by atoms with Crippen LogP contribution in [-0.2, 0) is 4.79 Å². The first kappa shape index (κ1) is 18.6. The fourth-order valence-electron chi connectivity index (χ4n) is 3.49. The van der Waals surface area contributed by atoms with Gasteiger partial charge in [-0.2, -0.15) is 11.8 Å². The van der Waals surface area contributed by atoms with E-state index in [2.05, 4.69) is 10.3 Å². The number of nitrogens with one attached hydrogen (secondary N) is 1. The number of aryl methyl sites for hydroxylation is 1. The second-order valence-electron chi connectivity index (χ2n) is 6.85. The van der Waals surface area contributed by atoms with E-state index in [1.807, 2.05) is 19.1 Å². The fourth-order valence-corrected chi connectivity index (χ4v) is 4.68. The molecule has 28 heavy (non-hydrogen) atoms. The van der Waals surface area contributed by atoms with Gasteiger partial charge in [-0.15, -0.1) is 0 Å². The maximum absolute atomic E-state index is 13.0. The average molecular weight is 399 g/mol. The van der Waals surface area contributed by atoms with E-state index in [1.54, 1.807) is 37.1 Å². The zero-order chi connectivity index (χ0) is 19.7. The standard InChI is InChI=1S/C20H21N3O4S/c1-13-3-4-15(12-16(13)26-2)27-17-11-14(5-8-21-17)23-18(24)20(22-19(23)25)6-9-28-10-7-20/h3-5,8,11-12H,6-7,9-10H2,1-2H3,(H,22,25). The molecule has 146 valence electrons. The molecule has 8 heteroatoms. The van der Waals surface area contributed by atoms with Gasteiger partial charge in [0.25, 0.3) is 5.91 Å². The maximum atomic E-state index is 13.0. The number of hydrogen-bond acceptors (Lipinski definition) is 6. The lowest BCUT2D eigenvalue weighted by molar-refractivity contribution is -0.122. The van der Waals surface area contributed by atoms with Crippen LogP contribution in [0.4, 0.5) is 10.5 Å². The molecule has 0 unspecified atom stereocenters. The van der Waals surface area contributed by atoms with Crippen molar-refractivity contribution >= 4 is 29.4 Å². The van der Waals surface area contributed by atoms with Crippen molar-refractivity contribution in [3.63, 3.8) is 0 Å². The number of benzene rings is 1. The zero-order valence-corrected chi connectivity index (χ0v) is 16.5. The lowest BCUT2D eigenvalue weighted by Crippen LogP contribution is -2.49. The van der Waals surface area contributed by atoms with Crippen LogP contribution in [0.2, 0.25) is 0 Å². The largest absolute Gasteiger partial charge is 0.496 e. The summed E-state index contributed by atoms with van der Waals surface area (Å²) in [6.07, 6.45) is 2.82. The number of ether oxygens (including phenoxy) is 2. The van der Waals surface area contributed by atoms with Crippen LogP contribution in [0.15, 0.2) is 36.5 Å². The first-order valence-electron chi connectivity index (χ1n) is 9.05. The summed E-state index contributed by atoms with van der Waals surface area (Å²) in [7, 11) is 1.60. The fraction of sp³-hybridized carbons (Fsp3) is 0.350. The Labute approximate surface area is 167 Å². The van der Waals surface area contributed by atoms with E-state index >= 15 is 0 Å². The van der Waals surface area contributed by atoms with E-state index in [4.69, 9.17) is 9.47 Å². The van der Waals surface area contributed by atoms with Crippen LogP contribution in [0.25, 0.3) is 0 Å². The molecule has 0 saturated carbocycles. The van der Waals surface area contributed by atoms with Crippen LogP contribution in [0.5, 0.6) is 17.4 Å². The summed E-state index contributed by atoms with van der Waals surface area (Å²) in [6, 6.07) is 8.31. The van der Waals surface area contributed by atoms with E-state index in [1.165, 1.54) is 11.1 Å². The number of hydrogen-bond donors (Lipinski definition) is 1. The Balaban J connectivity index is 1.59. The van der Waals surface area contributed by atoms with E-state index in [9.17, 15) is 9.59 Å². The number of carbonyl (C=O) groups excluding carboxylic acids is 2. The number of amides is 3. The number of nitrogens with zero attached hydrogens (tertiary/aromatic N) is 2. The molecule has 0 radical (unpaired) electrons. The highest BCUT2D eigenvalue weighted by Gasteiger charge is 2.52. The van der Waals surface area contributed by atoms with Gasteiger partial charge >= 0.3 is 6.03 Å². The van der Waals surface area contributed by atoms with Gasteiger partial charge in [0.2, 0.25) is 5.88 Å². The second-order valence-corrected chi connectivity index (χ2v) is 8.08. The normalized spacial score (nSPS) is 18.3. The van der Waals surface area contributed by atoms with Crippen LogP contribution in [0, 0.1) is 6.92 Å². The van der Waals surface area contributed by atoms with Crippen LogP contribution in [-0.4, -0.2) is 41.1 Å². The van der Waals surface area contributed by atoms with Crippen LogP contribution >= 0.6 is 11.8 Å². The van der Waals surface area contributed by atoms with Gasteiger partial charge in [-0.05, 0) is 49.0 Å². The highest BCUT2D eigenvalue weighted by Crippen LogP contribution is 2.36. The molecule has 4 rings (SSSR count). The Morgan fingerprint density at radius 3 is 2.71 bits per heavy atom. The minimum Gasteiger partial charge on any atom is -0.496 e. The quantitative estimate of drug-likeness (QED) is 0.793. The first-order valence-corrected chi connectivity index (χ1v) is 10.2. The molecule has 1 aromatic heterocycles. The summed E-state index contributed by atoms with van der Waals surface area (Å²) >= 11 is 1.80. The summed E-state index contributed by atoms with van der Waals surface area (Å²) < 4.78 is 11.1. The number of imide groups is 1. The third-order valence-corrected chi connectivity index (χ3v) is 6.07. The number of aromatic nitrogens is 1. The Hall–Kier alpha value is -2.74. The molecule has 2 aliphatic heterocycles. The van der Waals surface area contributed by atoms with Gasteiger partial charge in [0.1, 0.15) is 17.0 Å². The minimum atomic E-state index is -0.781. The lowest BCUT2D eigenvalue weighted by Gasteiger charge is -2.30. The van der Waals surface area contributed by atoms with Gasteiger partial charge in [-0.1, -0.05) is 6.07 Å². The third-order valence-electron chi connectivity index (χ3n) is 5.09. The van der Waals surface area contributed by atoms with Gasteiger partial charge in [-0.3, -0.25) is 4.79 Å². The maximum Gasteiger partial charge on any atom is 0.329 e. The number of carbonyl (C=O) groups is 2.